The summed E-state index contributed by atoms with van der Waals surface area (Å²) in [4.78, 5) is 0. The number of hydrogen-bond acceptors (Lipinski definition) is 2. The summed E-state index contributed by atoms with van der Waals surface area (Å²) < 4.78 is 5.62. The number of benzene rings is 1. The zero-order valence-electron chi connectivity index (χ0n) is 9.99. The van der Waals surface area contributed by atoms with Gasteiger partial charge in [0.25, 0.3) is 0 Å². The van der Waals surface area contributed by atoms with E-state index in [2.05, 4.69) is 31.0 Å². The molecule has 0 radical (unpaired) electrons. The normalized spacial score (nSPS) is 12.3. The van der Waals surface area contributed by atoms with Crippen molar-refractivity contribution in [2.75, 3.05) is 13.2 Å². The fourth-order valence-corrected chi connectivity index (χ4v) is 1.42. The topological polar surface area (TPSA) is 21.3 Å². The van der Waals surface area contributed by atoms with Crippen molar-refractivity contribution in [1.82, 2.24) is 5.32 Å². The highest BCUT2D eigenvalue weighted by Crippen LogP contribution is 2.00. The van der Waals surface area contributed by atoms with Gasteiger partial charge in [0.2, 0.25) is 0 Å². The quantitative estimate of drug-likeness (QED) is 0.536. The Morgan fingerprint density at radius 1 is 1.38 bits per heavy atom. The molecule has 0 aliphatic rings. The molecule has 1 rings (SSSR count). The molecule has 0 aromatic heterocycles. The number of ether oxygens (including phenoxy) is 1. The summed E-state index contributed by atoms with van der Waals surface area (Å²) in [5.74, 6) is 0. The highest BCUT2D eigenvalue weighted by molar-refractivity contribution is 5.13. The largest absolute Gasteiger partial charge is 0.375 e. The van der Waals surface area contributed by atoms with Crippen LogP contribution in [0, 0.1) is 0 Å². The predicted octanol–water partition coefficient (Wildman–Crippen LogP) is 2.76. The van der Waals surface area contributed by atoms with Crippen LogP contribution in [-0.4, -0.2) is 19.2 Å². The van der Waals surface area contributed by atoms with Crippen LogP contribution in [0.15, 0.2) is 43.0 Å². The lowest BCUT2D eigenvalue weighted by Gasteiger charge is -2.13. The van der Waals surface area contributed by atoms with Gasteiger partial charge in [-0.05, 0) is 25.5 Å². The Labute approximate surface area is 98.3 Å². The van der Waals surface area contributed by atoms with E-state index in [-0.39, 0.29) is 0 Å². The van der Waals surface area contributed by atoms with Gasteiger partial charge in [-0.25, -0.2) is 0 Å². The molecule has 1 aromatic carbocycles. The standard InChI is InChI=1S/C14H21NO/c1-3-4-10-15-13(2)11-16-12-14-8-6-5-7-9-14/h3,5-9,13,15H,1,4,10-12H2,2H3. The second-order valence-electron chi connectivity index (χ2n) is 3.93. The van der Waals surface area contributed by atoms with E-state index in [1.54, 1.807) is 0 Å². The molecule has 88 valence electrons. The summed E-state index contributed by atoms with van der Waals surface area (Å²) in [6.07, 6.45) is 2.92. The van der Waals surface area contributed by atoms with Crippen LogP contribution >= 0.6 is 0 Å². The summed E-state index contributed by atoms with van der Waals surface area (Å²) >= 11 is 0. The van der Waals surface area contributed by atoms with Gasteiger partial charge in [0.1, 0.15) is 0 Å². The van der Waals surface area contributed by atoms with Gasteiger partial charge < -0.3 is 10.1 Å². The molecular formula is C14H21NO. The van der Waals surface area contributed by atoms with Gasteiger partial charge in [0.05, 0.1) is 13.2 Å². The Balaban J connectivity index is 2.08. The van der Waals surface area contributed by atoms with Crippen molar-refractivity contribution in [1.29, 1.82) is 0 Å². The molecule has 0 fully saturated rings. The summed E-state index contributed by atoms with van der Waals surface area (Å²) in [6, 6.07) is 10.6. The molecule has 0 aliphatic heterocycles. The maximum Gasteiger partial charge on any atom is 0.0717 e. The molecule has 0 amide bonds. The van der Waals surface area contributed by atoms with Crippen molar-refractivity contribution >= 4 is 0 Å². The minimum atomic E-state index is 0.392. The summed E-state index contributed by atoms with van der Waals surface area (Å²) in [7, 11) is 0. The number of rotatable bonds is 8. The maximum absolute atomic E-state index is 5.62. The molecule has 1 aromatic rings. The van der Waals surface area contributed by atoms with Crippen molar-refractivity contribution < 1.29 is 4.74 Å². The van der Waals surface area contributed by atoms with Gasteiger partial charge >= 0.3 is 0 Å². The van der Waals surface area contributed by atoms with Crippen LogP contribution in [0.3, 0.4) is 0 Å². The SMILES string of the molecule is C=CCCNC(C)COCc1ccccc1. The Hall–Kier alpha value is -1.12. The van der Waals surface area contributed by atoms with E-state index in [0.29, 0.717) is 12.6 Å². The van der Waals surface area contributed by atoms with Crippen LogP contribution in [0.2, 0.25) is 0 Å². The third kappa shape index (κ3) is 5.69. The van der Waals surface area contributed by atoms with Gasteiger partial charge in [0.15, 0.2) is 0 Å². The van der Waals surface area contributed by atoms with Gasteiger partial charge in [0, 0.05) is 6.04 Å². The first-order valence-electron chi connectivity index (χ1n) is 5.79. The molecule has 1 N–H and O–H groups in total. The zero-order valence-corrected chi connectivity index (χ0v) is 9.99. The van der Waals surface area contributed by atoms with Gasteiger partial charge in [-0.1, -0.05) is 36.4 Å². The predicted molar refractivity (Wildman–Crippen MR) is 68.4 cm³/mol. The molecule has 1 atom stereocenters. The van der Waals surface area contributed by atoms with Crippen LogP contribution in [0.4, 0.5) is 0 Å². The average Bonchev–Trinajstić information content (AvgIpc) is 2.31. The molecule has 0 spiro atoms. The highest BCUT2D eigenvalue weighted by Gasteiger charge is 2.00. The van der Waals surface area contributed by atoms with Crippen LogP contribution in [0.5, 0.6) is 0 Å². The Kier molecular flexibility index (Phi) is 6.54. The van der Waals surface area contributed by atoms with E-state index in [1.165, 1.54) is 5.56 Å². The molecule has 0 saturated heterocycles. The summed E-state index contributed by atoms with van der Waals surface area (Å²) in [5.41, 5.74) is 1.22. The van der Waals surface area contributed by atoms with Gasteiger partial charge in [-0.3, -0.25) is 0 Å². The average molecular weight is 219 g/mol. The van der Waals surface area contributed by atoms with E-state index in [9.17, 15) is 0 Å². The van der Waals surface area contributed by atoms with Gasteiger partial charge in [-0.15, -0.1) is 6.58 Å². The van der Waals surface area contributed by atoms with Gasteiger partial charge in [-0.2, -0.15) is 0 Å². The second-order valence-corrected chi connectivity index (χ2v) is 3.93. The van der Waals surface area contributed by atoms with Crippen molar-refractivity contribution in [2.24, 2.45) is 0 Å². The third-order valence-corrected chi connectivity index (χ3v) is 2.32. The number of hydrogen-bond donors (Lipinski definition) is 1. The van der Waals surface area contributed by atoms with Crippen LogP contribution < -0.4 is 5.32 Å². The molecular weight excluding hydrogens is 198 g/mol. The Morgan fingerprint density at radius 2 is 2.12 bits per heavy atom. The summed E-state index contributed by atoms with van der Waals surface area (Å²) in [6.45, 7) is 8.22. The maximum atomic E-state index is 5.62. The lowest BCUT2D eigenvalue weighted by Crippen LogP contribution is -2.31. The molecule has 0 aliphatic carbocycles. The minimum absolute atomic E-state index is 0.392. The lowest BCUT2D eigenvalue weighted by molar-refractivity contribution is 0.103. The molecule has 16 heavy (non-hydrogen) atoms. The summed E-state index contributed by atoms with van der Waals surface area (Å²) in [5, 5.41) is 3.37. The van der Waals surface area contributed by atoms with Crippen molar-refractivity contribution in [2.45, 2.75) is 26.0 Å². The molecule has 1 unspecified atom stereocenters. The first-order valence-corrected chi connectivity index (χ1v) is 5.79. The van der Waals surface area contributed by atoms with E-state index >= 15 is 0 Å². The highest BCUT2D eigenvalue weighted by atomic mass is 16.5. The lowest BCUT2D eigenvalue weighted by atomic mass is 10.2. The van der Waals surface area contributed by atoms with E-state index in [1.807, 2.05) is 24.3 Å². The first kappa shape index (κ1) is 12.9. The molecule has 2 nitrogen and oxygen atoms in total. The van der Waals surface area contributed by atoms with E-state index < -0.39 is 0 Å². The van der Waals surface area contributed by atoms with Crippen LogP contribution in [-0.2, 0) is 11.3 Å². The smallest absolute Gasteiger partial charge is 0.0717 e. The third-order valence-electron chi connectivity index (χ3n) is 2.32. The van der Waals surface area contributed by atoms with Crippen molar-refractivity contribution in [3.8, 4) is 0 Å². The van der Waals surface area contributed by atoms with E-state index in [0.717, 1.165) is 19.6 Å². The molecule has 2 heteroatoms. The van der Waals surface area contributed by atoms with Crippen LogP contribution in [0.25, 0.3) is 0 Å². The molecule has 0 bridgehead atoms. The van der Waals surface area contributed by atoms with Crippen molar-refractivity contribution in [3.05, 3.63) is 48.6 Å². The molecule has 0 heterocycles. The zero-order chi connectivity index (χ0) is 11.6. The fraction of sp³-hybridized carbons (Fsp3) is 0.429. The number of nitrogens with one attached hydrogen (secondary N) is 1. The first-order chi connectivity index (χ1) is 7.83. The second kappa shape index (κ2) is 8.08. The Bertz CT molecular complexity index is 284. The minimum Gasteiger partial charge on any atom is -0.375 e. The Morgan fingerprint density at radius 3 is 2.81 bits per heavy atom. The fourth-order valence-electron chi connectivity index (χ4n) is 1.42. The molecule has 0 saturated carbocycles. The monoisotopic (exact) mass is 219 g/mol. The van der Waals surface area contributed by atoms with Crippen LogP contribution in [0.1, 0.15) is 18.9 Å². The van der Waals surface area contributed by atoms with E-state index in [4.69, 9.17) is 4.74 Å². The van der Waals surface area contributed by atoms with Crippen molar-refractivity contribution in [3.63, 3.8) is 0 Å².